The molecule has 3 unspecified atom stereocenters. The van der Waals surface area contributed by atoms with Gasteiger partial charge in [0.15, 0.2) is 0 Å². The average molecular weight is 414 g/mol. The molecule has 0 bridgehead atoms. The smallest absolute Gasteiger partial charge is 0.336 e. The van der Waals surface area contributed by atoms with Crippen LogP contribution in [0.5, 0.6) is 5.75 Å². The van der Waals surface area contributed by atoms with Gasteiger partial charge in [-0.3, -0.25) is 4.79 Å². The lowest BCUT2D eigenvalue weighted by molar-refractivity contribution is -0.244. The van der Waals surface area contributed by atoms with Crippen molar-refractivity contribution in [2.75, 3.05) is 6.61 Å². The first-order valence-corrected chi connectivity index (χ1v) is 8.89. The van der Waals surface area contributed by atoms with E-state index < -0.39 is 48.8 Å². The Morgan fingerprint density at radius 1 is 1.29 bits per heavy atom. The second-order valence-electron chi connectivity index (χ2n) is 6.58. The summed E-state index contributed by atoms with van der Waals surface area (Å²) in [4.78, 5) is 23.1. The first kappa shape index (κ1) is 20.6. The SMILES string of the molecule is CC(=O)NC1C(O)[C@H](O)C(CO)O[C@H]1Oc1cc2oc(=O)cc(C)c2cc1Cl. The van der Waals surface area contributed by atoms with E-state index in [0.717, 1.165) is 0 Å². The Morgan fingerprint density at radius 3 is 2.64 bits per heavy atom. The van der Waals surface area contributed by atoms with Gasteiger partial charge in [0.2, 0.25) is 12.2 Å². The normalized spacial score (nSPS) is 27.6. The molecule has 1 aliphatic heterocycles. The van der Waals surface area contributed by atoms with E-state index in [0.29, 0.717) is 10.9 Å². The Kier molecular flexibility index (Phi) is 5.92. The number of carbonyl (C=O) groups excluding carboxylic acids is 1. The molecule has 0 radical (unpaired) electrons. The molecule has 28 heavy (non-hydrogen) atoms. The monoisotopic (exact) mass is 413 g/mol. The number of aliphatic hydroxyl groups is 3. The zero-order chi connectivity index (χ0) is 20.6. The molecular formula is C18H20ClNO8. The topological polar surface area (TPSA) is 138 Å². The number of amides is 1. The summed E-state index contributed by atoms with van der Waals surface area (Å²) in [5.41, 5.74) is 0.362. The first-order valence-electron chi connectivity index (χ1n) is 8.51. The van der Waals surface area contributed by atoms with Gasteiger partial charge in [-0.05, 0) is 18.6 Å². The molecule has 152 valence electrons. The maximum absolute atomic E-state index is 11.6. The molecule has 3 rings (SSSR count). The van der Waals surface area contributed by atoms with Crippen LogP contribution in [0.3, 0.4) is 0 Å². The van der Waals surface area contributed by atoms with Gasteiger partial charge in [-0.2, -0.15) is 0 Å². The van der Waals surface area contributed by atoms with Gasteiger partial charge in [0, 0.05) is 24.4 Å². The van der Waals surface area contributed by atoms with Gasteiger partial charge >= 0.3 is 5.63 Å². The van der Waals surface area contributed by atoms with Crippen LogP contribution in [0.4, 0.5) is 0 Å². The number of benzene rings is 1. The van der Waals surface area contributed by atoms with E-state index in [1.165, 1.54) is 19.1 Å². The van der Waals surface area contributed by atoms with Gasteiger partial charge in [0.25, 0.3) is 0 Å². The van der Waals surface area contributed by atoms with E-state index in [4.69, 9.17) is 25.5 Å². The molecule has 9 nitrogen and oxygen atoms in total. The van der Waals surface area contributed by atoms with E-state index in [9.17, 15) is 24.9 Å². The first-order chi connectivity index (χ1) is 13.2. The molecule has 2 aromatic rings. The van der Waals surface area contributed by atoms with Gasteiger partial charge in [0.05, 0.1) is 11.6 Å². The number of aliphatic hydroxyl groups excluding tert-OH is 3. The number of rotatable bonds is 4. The standard InChI is InChI=1S/C18H20ClNO8/c1-7-3-14(23)26-11-5-12(10(19)4-9(7)11)27-18-15(20-8(2)22)17(25)16(24)13(6-21)28-18/h3-5,13,15-18,21,24-25H,6H2,1-2H3,(H,20,22)/t13?,15?,16-,17?,18-/m1/s1. The fourth-order valence-electron chi connectivity index (χ4n) is 3.11. The third-order valence-electron chi connectivity index (χ3n) is 4.50. The van der Waals surface area contributed by atoms with Gasteiger partial charge in [-0.25, -0.2) is 4.79 Å². The summed E-state index contributed by atoms with van der Waals surface area (Å²) in [6.07, 6.45) is -5.30. The molecule has 1 fully saturated rings. The maximum atomic E-state index is 11.6. The van der Waals surface area contributed by atoms with Crippen molar-refractivity contribution in [1.29, 1.82) is 0 Å². The summed E-state index contributed by atoms with van der Waals surface area (Å²) in [5, 5.41) is 33.0. The van der Waals surface area contributed by atoms with Crippen LogP contribution in [-0.4, -0.2) is 58.5 Å². The zero-order valence-electron chi connectivity index (χ0n) is 15.1. The van der Waals surface area contributed by atoms with Gasteiger partial charge in [0.1, 0.15) is 35.7 Å². The highest BCUT2D eigenvalue weighted by atomic mass is 35.5. The highest BCUT2D eigenvalue weighted by Gasteiger charge is 2.46. The lowest BCUT2D eigenvalue weighted by Gasteiger charge is -2.42. The summed E-state index contributed by atoms with van der Waals surface area (Å²) in [6.45, 7) is 2.38. The van der Waals surface area contributed by atoms with E-state index in [1.807, 2.05) is 0 Å². The van der Waals surface area contributed by atoms with Crippen LogP contribution in [0.15, 0.2) is 27.4 Å². The number of halogens is 1. The fourth-order valence-corrected chi connectivity index (χ4v) is 3.31. The second kappa shape index (κ2) is 8.06. The van der Waals surface area contributed by atoms with Gasteiger partial charge < -0.3 is 34.5 Å². The van der Waals surface area contributed by atoms with Crippen LogP contribution < -0.4 is 15.7 Å². The third-order valence-corrected chi connectivity index (χ3v) is 4.79. The van der Waals surface area contributed by atoms with Gasteiger partial charge in [-0.15, -0.1) is 0 Å². The average Bonchev–Trinajstić information content (AvgIpc) is 2.62. The molecule has 2 heterocycles. The zero-order valence-corrected chi connectivity index (χ0v) is 15.8. The van der Waals surface area contributed by atoms with Crippen molar-refractivity contribution in [3.05, 3.63) is 39.2 Å². The predicted octanol–water partition coefficient (Wildman–Crippen LogP) is 0.0773. The molecule has 1 aliphatic rings. The van der Waals surface area contributed by atoms with Crippen molar-refractivity contribution in [3.8, 4) is 5.75 Å². The quantitative estimate of drug-likeness (QED) is 0.517. The molecule has 10 heteroatoms. The summed E-state index contributed by atoms with van der Waals surface area (Å²) in [6, 6.07) is 3.15. The van der Waals surface area contributed by atoms with Crippen molar-refractivity contribution < 1.29 is 34.0 Å². The molecule has 1 aromatic heterocycles. The van der Waals surface area contributed by atoms with Crippen molar-refractivity contribution in [2.45, 2.75) is 44.5 Å². The number of carbonyl (C=O) groups is 1. The Labute approximate surface area is 164 Å². The highest BCUT2D eigenvalue weighted by Crippen LogP contribution is 2.33. The Morgan fingerprint density at radius 2 is 2.00 bits per heavy atom. The molecule has 0 spiro atoms. The number of ether oxygens (including phenoxy) is 2. The highest BCUT2D eigenvalue weighted by molar-refractivity contribution is 6.32. The van der Waals surface area contributed by atoms with Gasteiger partial charge in [-0.1, -0.05) is 11.6 Å². The number of hydrogen-bond acceptors (Lipinski definition) is 8. The lowest BCUT2D eigenvalue weighted by Crippen LogP contribution is -2.65. The fraction of sp³-hybridized carbons (Fsp3) is 0.444. The number of fused-ring (bicyclic) bond motifs is 1. The summed E-state index contributed by atoms with van der Waals surface area (Å²) in [5.74, 6) is -0.411. The maximum Gasteiger partial charge on any atom is 0.336 e. The number of hydrogen-bond donors (Lipinski definition) is 4. The van der Waals surface area contributed by atoms with Crippen LogP contribution >= 0.6 is 11.6 Å². The number of aryl methyl sites for hydroxylation is 1. The van der Waals surface area contributed by atoms with Crippen LogP contribution in [-0.2, 0) is 9.53 Å². The largest absolute Gasteiger partial charge is 0.461 e. The van der Waals surface area contributed by atoms with E-state index in [2.05, 4.69) is 5.32 Å². The minimum atomic E-state index is -1.46. The molecule has 1 aromatic carbocycles. The summed E-state index contributed by atoms with van der Waals surface area (Å²) in [7, 11) is 0. The summed E-state index contributed by atoms with van der Waals surface area (Å²) < 4.78 is 16.4. The Balaban J connectivity index is 1.98. The van der Waals surface area contributed by atoms with E-state index >= 15 is 0 Å². The van der Waals surface area contributed by atoms with Crippen molar-refractivity contribution in [1.82, 2.24) is 5.32 Å². The minimum absolute atomic E-state index is 0.0727. The van der Waals surface area contributed by atoms with Crippen LogP contribution in [0.1, 0.15) is 12.5 Å². The molecule has 0 saturated carbocycles. The third kappa shape index (κ3) is 3.98. The number of nitrogens with one attached hydrogen (secondary N) is 1. The summed E-state index contributed by atoms with van der Waals surface area (Å²) >= 11 is 6.27. The van der Waals surface area contributed by atoms with Crippen molar-refractivity contribution >= 4 is 28.5 Å². The predicted molar refractivity (Wildman–Crippen MR) is 98.2 cm³/mol. The molecule has 5 atom stereocenters. The van der Waals surface area contributed by atoms with Crippen LogP contribution in [0.25, 0.3) is 11.0 Å². The lowest BCUT2D eigenvalue weighted by atomic mass is 9.97. The van der Waals surface area contributed by atoms with Crippen molar-refractivity contribution in [3.63, 3.8) is 0 Å². The van der Waals surface area contributed by atoms with Crippen LogP contribution in [0, 0.1) is 6.92 Å². The Hall–Kier alpha value is -2.17. The van der Waals surface area contributed by atoms with Crippen molar-refractivity contribution in [2.24, 2.45) is 0 Å². The van der Waals surface area contributed by atoms with Crippen LogP contribution in [0.2, 0.25) is 5.02 Å². The molecular weight excluding hydrogens is 394 g/mol. The molecule has 4 N–H and O–H groups in total. The van der Waals surface area contributed by atoms with E-state index in [1.54, 1.807) is 13.0 Å². The molecule has 1 saturated heterocycles. The Bertz CT molecular complexity index is 945. The molecule has 1 amide bonds. The molecule has 0 aliphatic carbocycles. The second-order valence-corrected chi connectivity index (χ2v) is 6.99. The minimum Gasteiger partial charge on any atom is -0.461 e. The van der Waals surface area contributed by atoms with E-state index in [-0.39, 0.29) is 16.4 Å².